The van der Waals surface area contributed by atoms with Crippen LogP contribution in [0.2, 0.25) is 5.15 Å². The predicted octanol–water partition coefficient (Wildman–Crippen LogP) is 3.31. The van der Waals surface area contributed by atoms with Crippen LogP contribution in [0.15, 0.2) is 45.9 Å². The highest BCUT2D eigenvalue weighted by atomic mass is 79.9. The number of ether oxygens (including phenoxy) is 1. The van der Waals surface area contributed by atoms with Gasteiger partial charge in [-0.25, -0.2) is 13.4 Å². The summed E-state index contributed by atoms with van der Waals surface area (Å²) >= 11 is 8.99. The van der Waals surface area contributed by atoms with Gasteiger partial charge >= 0.3 is 0 Å². The highest BCUT2D eigenvalue weighted by molar-refractivity contribution is 9.10. The molecular weight excluding hydrogens is 368 g/mol. The smallest absolute Gasteiger partial charge is 0.265 e. The average Bonchev–Trinajstić information content (AvgIpc) is 2.42. The largest absolute Gasteiger partial charge is 0.497 e. The average molecular weight is 378 g/mol. The van der Waals surface area contributed by atoms with E-state index in [9.17, 15) is 8.42 Å². The molecule has 1 aromatic heterocycles. The van der Waals surface area contributed by atoms with Crippen LogP contribution in [0.25, 0.3) is 0 Å². The number of hydrogen-bond donors (Lipinski definition) is 1. The summed E-state index contributed by atoms with van der Waals surface area (Å²) in [5.41, 5.74) is 0.404. The van der Waals surface area contributed by atoms with Crippen molar-refractivity contribution in [3.05, 3.63) is 46.2 Å². The summed E-state index contributed by atoms with van der Waals surface area (Å²) < 4.78 is 32.4. The van der Waals surface area contributed by atoms with Crippen LogP contribution in [-0.2, 0) is 10.0 Å². The van der Waals surface area contributed by atoms with Gasteiger partial charge in [0.2, 0.25) is 0 Å². The number of benzene rings is 1. The first kappa shape index (κ1) is 15.1. The molecule has 0 saturated heterocycles. The second-order valence-corrected chi connectivity index (χ2v) is 6.70. The Labute approximate surface area is 130 Å². The predicted molar refractivity (Wildman–Crippen MR) is 80.7 cm³/mol. The standard InChI is InChI=1S/C12H10BrClN2O3S/c1-19-10-4-2-9(3-5-10)16-20(17,18)11-6-8(13)7-15-12(11)14/h2-7,16H,1H3. The lowest BCUT2D eigenvalue weighted by Gasteiger charge is -2.09. The molecule has 0 aliphatic rings. The Morgan fingerprint density at radius 3 is 2.55 bits per heavy atom. The minimum atomic E-state index is -3.80. The second kappa shape index (κ2) is 5.99. The number of sulfonamides is 1. The van der Waals surface area contributed by atoms with Crippen LogP contribution in [0.3, 0.4) is 0 Å². The van der Waals surface area contributed by atoms with E-state index in [-0.39, 0.29) is 10.0 Å². The van der Waals surface area contributed by atoms with Crippen LogP contribution < -0.4 is 9.46 Å². The highest BCUT2D eigenvalue weighted by Crippen LogP contribution is 2.25. The molecule has 8 heteroatoms. The van der Waals surface area contributed by atoms with Gasteiger partial charge in [-0.05, 0) is 46.3 Å². The number of halogens is 2. The summed E-state index contributed by atoms with van der Waals surface area (Å²) in [5.74, 6) is 0.634. The number of rotatable bonds is 4. The lowest BCUT2D eigenvalue weighted by Crippen LogP contribution is -2.14. The van der Waals surface area contributed by atoms with Crippen molar-refractivity contribution in [1.82, 2.24) is 4.98 Å². The van der Waals surface area contributed by atoms with Crippen molar-refractivity contribution in [3.8, 4) is 5.75 Å². The fourth-order valence-electron chi connectivity index (χ4n) is 1.46. The number of hydrogen-bond acceptors (Lipinski definition) is 4. The Morgan fingerprint density at radius 1 is 1.30 bits per heavy atom. The minimum absolute atomic E-state index is 0.0887. The molecule has 0 saturated carbocycles. The van der Waals surface area contributed by atoms with Crippen LogP contribution in [0.1, 0.15) is 0 Å². The molecule has 5 nitrogen and oxygen atoms in total. The highest BCUT2D eigenvalue weighted by Gasteiger charge is 2.19. The molecule has 0 fully saturated rings. The number of nitrogens with zero attached hydrogens (tertiary/aromatic N) is 1. The van der Waals surface area contributed by atoms with Gasteiger partial charge in [0.25, 0.3) is 10.0 Å². The van der Waals surface area contributed by atoms with Crippen molar-refractivity contribution in [2.45, 2.75) is 4.90 Å². The summed E-state index contributed by atoms with van der Waals surface area (Å²) in [6.45, 7) is 0. The molecule has 0 unspecified atom stereocenters. The van der Waals surface area contributed by atoms with E-state index in [0.717, 1.165) is 0 Å². The second-order valence-electron chi connectivity index (χ2n) is 3.78. The maximum atomic E-state index is 12.2. The molecule has 106 valence electrons. The van der Waals surface area contributed by atoms with Gasteiger partial charge in [0, 0.05) is 16.4 Å². The summed E-state index contributed by atoms with van der Waals surface area (Å²) in [6, 6.07) is 7.88. The quantitative estimate of drug-likeness (QED) is 0.830. The van der Waals surface area contributed by atoms with E-state index in [2.05, 4.69) is 25.6 Å². The molecule has 0 radical (unpaired) electrons. The number of nitrogens with one attached hydrogen (secondary N) is 1. The first-order valence-electron chi connectivity index (χ1n) is 5.40. The molecule has 1 N–H and O–H groups in total. The number of anilines is 1. The van der Waals surface area contributed by atoms with E-state index in [1.54, 1.807) is 24.3 Å². The van der Waals surface area contributed by atoms with E-state index in [1.165, 1.54) is 19.4 Å². The van der Waals surface area contributed by atoms with Crippen molar-refractivity contribution >= 4 is 43.2 Å². The lowest BCUT2D eigenvalue weighted by atomic mass is 10.3. The third-order valence-electron chi connectivity index (χ3n) is 2.41. The third-order valence-corrected chi connectivity index (χ3v) is 4.65. The molecule has 1 heterocycles. The molecular formula is C12H10BrClN2O3S. The van der Waals surface area contributed by atoms with Crippen LogP contribution >= 0.6 is 27.5 Å². The zero-order valence-corrected chi connectivity index (χ0v) is 13.5. The molecule has 0 aliphatic carbocycles. The molecule has 0 bridgehead atoms. The molecule has 0 amide bonds. The molecule has 2 aromatic rings. The van der Waals surface area contributed by atoms with Crippen LogP contribution in [0.5, 0.6) is 5.75 Å². The molecule has 2 rings (SSSR count). The molecule has 20 heavy (non-hydrogen) atoms. The van der Waals surface area contributed by atoms with Gasteiger partial charge in [-0.3, -0.25) is 4.72 Å². The van der Waals surface area contributed by atoms with E-state index in [1.807, 2.05) is 0 Å². The first-order chi connectivity index (χ1) is 9.42. The Balaban J connectivity index is 2.32. The van der Waals surface area contributed by atoms with Crippen molar-refractivity contribution < 1.29 is 13.2 Å². The normalized spacial score (nSPS) is 11.2. The number of pyridine rings is 1. The summed E-state index contributed by atoms with van der Waals surface area (Å²) in [4.78, 5) is 3.70. The molecule has 1 aromatic carbocycles. The minimum Gasteiger partial charge on any atom is -0.497 e. The van der Waals surface area contributed by atoms with Crippen molar-refractivity contribution in [3.63, 3.8) is 0 Å². The Morgan fingerprint density at radius 2 is 1.95 bits per heavy atom. The monoisotopic (exact) mass is 376 g/mol. The Kier molecular flexibility index (Phi) is 4.52. The van der Waals surface area contributed by atoms with Gasteiger partial charge in [0.1, 0.15) is 15.8 Å². The zero-order chi connectivity index (χ0) is 14.8. The van der Waals surface area contributed by atoms with E-state index < -0.39 is 10.0 Å². The maximum absolute atomic E-state index is 12.2. The maximum Gasteiger partial charge on any atom is 0.265 e. The van der Waals surface area contributed by atoms with Gasteiger partial charge in [-0.1, -0.05) is 11.6 Å². The SMILES string of the molecule is COc1ccc(NS(=O)(=O)c2cc(Br)cnc2Cl)cc1. The Bertz CT molecular complexity index is 720. The van der Waals surface area contributed by atoms with Gasteiger partial charge in [-0.15, -0.1) is 0 Å². The van der Waals surface area contributed by atoms with Crippen LogP contribution in [-0.4, -0.2) is 20.5 Å². The van der Waals surface area contributed by atoms with Crippen LogP contribution in [0.4, 0.5) is 5.69 Å². The van der Waals surface area contributed by atoms with Gasteiger partial charge in [-0.2, -0.15) is 0 Å². The van der Waals surface area contributed by atoms with Crippen molar-refractivity contribution in [2.24, 2.45) is 0 Å². The van der Waals surface area contributed by atoms with Crippen LogP contribution in [0, 0.1) is 0 Å². The third kappa shape index (κ3) is 3.41. The van der Waals surface area contributed by atoms with Gasteiger partial charge in [0.15, 0.2) is 0 Å². The molecule has 0 atom stereocenters. The number of aromatic nitrogens is 1. The van der Waals surface area contributed by atoms with Gasteiger partial charge < -0.3 is 4.74 Å². The van der Waals surface area contributed by atoms with E-state index >= 15 is 0 Å². The summed E-state index contributed by atoms with van der Waals surface area (Å²) in [7, 11) is -2.27. The van der Waals surface area contributed by atoms with Crippen molar-refractivity contribution in [1.29, 1.82) is 0 Å². The summed E-state index contributed by atoms with van der Waals surface area (Å²) in [6.07, 6.45) is 1.43. The number of methoxy groups -OCH3 is 1. The molecule has 0 aliphatic heterocycles. The fourth-order valence-corrected chi connectivity index (χ4v) is 3.47. The van der Waals surface area contributed by atoms with E-state index in [0.29, 0.717) is 15.9 Å². The van der Waals surface area contributed by atoms with Gasteiger partial charge in [0.05, 0.1) is 7.11 Å². The lowest BCUT2D eigenvalue weighted by molar-refractivity contribution is 0.415. The topological polar surface area (TPSA) is 68.3 Å². The zero-order valence-electron chi connectivity index (χ0n) is 10.3. The fraction of sp³-hybridized carbons (Fsp3) is 0.0833. The summed E-state index contributed by atoms with van der Waals surface area (Å²) in [5, 5.41) is -0.0887. The Hall–Kier alpha value is -1.31. The molecule has 0 spiro atoms. The van der Waals surface area contributed by atoms with Crippen molar-refractivity contribution in [2.75, 3.05) is 11.8 Å². The van der Waals surface area contributed by atoms with E-state index in [4.69, 9.17) is 16.3 Å². The first-order valence-corrected chi connectivity index (χ1v) is 8.06.